The lowest BCUT2D eigenvalue weighted by molar-refractivity contribution is -0.140. The number of rotatable bonds is 30. The predicted octanol–water partition coefficient (Wildman–Crippen LogP) is 5.61. The van der Waals surface area contributed by atoms with E-state index < -0.39 is 64.2 Å². The quantitative estimate of drug-likeness (QED) is 0.0154. The zero-order chi connectivity index (χ0) is 84.7. The van der Waals surface area contributed by atoms with Gasteiger partial charge in [-0.1, -0.05) is 52.0 Å². The van der Waals surface area contributed by atoms with E-state index in [1.54, 1.807) is 18.7 Å². The molecule has 0 fully saturated rings. The fourth-order valence-electron chi connectivity index (χ4n) is 14.2. The van der Waals surface area contributed by atoms with Crippen LogP contribution in [0.15, 0.2) is 87.1 Å². The van der Waals surface area contributed by atoms with E-state index in [2.05, 4.69) is 71.1 Å². The first-order chi connectivity index (χ1) is 55.1. The molecule has 0 spiro atoms. The van der Waals surface area contributed by atoms with E-state index in [9.17, 15) is 63.3 Å². The smallest absolute Gasteiger partial charge is 0.349 e. The number of methoxy groups -OCH3 is 1. The second-order valence-corrected chi connectivity index (χ2v) is 29.8. The van der Waals surface area contributed by atoms with E-state index in [1.807, 2.05) is 154 Å². The highest BCUT2D eigenvalue weighted by Crippen LogP contribution is 2.38. The number of benzene rings is 4. The number of aliphatic hydroxyl groups excluding tert-OH is 4. The van der Waals surface area contributed by atoms with Gasteiger partial charge in [0.25, 0.3) is 22.2 Å². The molecule has 0 saturated carbocycles. The van der Waals surface area contributed by atoms with Crippen LogP contribution in [0.2, 0.25) is 0 Å². The summed E-state index contributed by atoms with van der Waals surface area (Å²) in [5.41, 5.74) is 10.7. The van der Waals surface area contributed by atoms with Crippen LogP contribution < -0.4 is 69.7 Å². The van der Waals surface area contributed by atoms with Gasteiger partial charge >= 0.3 is 23.0 Å². The Morgan fingerprint density at radius 2 is 0.862 bits per heavy atom. The molecule has 7 aliphatic rings. The van der Waals surface area contributed by atoms with Crippen LogP contribution in [0.1, 0.15) is 145 Å². The Hall–Kier alpha value is -11.9. The number of aliphatic hydroxyl groups is 4. The largest absolute Gasteiger partial charge is 0.469 e. The molecule has 34 nitrogen and oxygen atoms in total. The lowest BCUT2D eigenvalue weighted by atomic mass is 10.0. The van der Waals surface area contributed by atoms with Gasteiger partial charge in [-0.2, -0.15) is 15.0 Å². The number of Topliss-reactive ketones (excluding diaryl/α,β-unsaturated/α-hetero) is 2. The maximum absolute atomic E-state index is 12.4. The van der Waals surface area contributed by atoms with E-state index in [1.165, 1.54) is 7.11 Å². The van der Waals surface area contributed by atoms with Crippen LogP contribution in [0.5, 0.6) is 0 Å². The van der Waals surface area contributed by atoms with Crippen LogP contribution in [0, 0.1) is 27.7 Å². The summed E-state index contributed by atoms with van der Waals surface area (Å²) in [5, 5.41) is 39.2. The highest BCUT2D eigenvalue weighted by molar-refractivity contribution is 5.87. The van der Waals surface area contributed by atoms with Gasteiger partial charge in [0.2, 0.25) is 0 Å². The number of fused-ring (bicyclic) bond motifs is 8. The standard InChI is InChI=1S/C21H27N5O4.2C21H27N5O3.C19H24N4O5/c1-13-11-14-16(12-15(13)25(2)3)26(10-8-6-5-7-9-17(27)30-4)19-18(22-14)20(28)24-21(29)23-19;2*1-13-11-15-17(12-16(13)25(3)4)26(10-8-6-5-7-9-14(2)27)19-18(22-15)20(28)24-21(29)23-19;1-4-11-6-13-12(5-9(11)2)22-16-18(20-10(3)21-19(16)28)23(13)7-14(25)17(27)15(26)8-24/h11-12H,5-10H2,1-4H3,(H,24,28,29);2*11-12H,5-10H2,1-4H3,(H,24,28,29);5-6,14-15,17,24-27H,3-4,7-8H2,1-2H3,(H,21,28)/t;;;14-,15+,17-/m...0/s1. The minimum Gasteiger partial charge on any atom is -0.469 e. The van der Waals surface area contributed by atoms with E-state index in [-0.39, 0.29) is 57.8 Å². The molecule has 0 aliphatic carbocycles. The molecule has 1 aromatic heterocycles. The normalized spacial score (nSPS) is 12.4. The Labute approximate surface area is 667 Å². The number of ketones is 2. The van der Waals surface area contributed by atoms with Gasteiger partial charge < -0.3 is 73.0 Å². The Morgan fingerprint density at radius 3 is 1.22 bits per heavy atom. The second-order valence-electron chi connectivity index (χ2n) is 29.8. The number of nitrogens with one attached hydrogen (secondary N) is 4. The molecule has 8 N–H and O–H groups in total. The molecule has 8 heterocycles. The summed E-state index contributed by atoms with van der Waals surface area (Å²) in [6, 6.07) is 15.7. The molecular weight excluding hydrogens is 1490 g/mol. The third-order valence-electron chi connectivity index (χ3n) is 20.2. The van der Waals surface area contributed by atoms with Crippen molar-refractivity contribution in [1.29, 1.82) is 0 Å². The van der Waals surface area contributed by atoms with Crippen LogP contribution in [-0.4, -0.2) is 187 Å². The third kappa shape index (κ3) is 21.4. The molecule has 618 valence electrons. The first-order valence-electron chi connectivity index (χ1n) is 38.8. The van der Waals surface area contributed by atoms with Crippen LogP contribution in [0.4, 0.5) is 34.3 Å². The maximum atomic E-state index is 12.4. The van der Waals surface area contributed by atoms with Crippen molar-refractivity contribution in [3.05, 3.63) is 160 Å². The fourth-order valence-corrected chi connectivity index (χ4v) is 14.2. The number of hydrogen-bond acceptors (Lipinski definition) is 27. The lowest BCUT2D eigenvalue weighted by Gasteiger charge is -2.32. The van der Waals surface area contributed by atoms with Gasteiger partial charge in [0.1, 0.15) is 35.4 Å². The molecule has 0 radical (unpaired) electrons. The number of unbranched alkanes of at least 4 members (excludes halogenated alkanes) is 9. The number of aromatic amines is 4. The van der Waals surface area contributed by atoms with E-state index in [0.29, 0.717) is 84.3 Å². The van der Waals surface area contributed by atoms with Crippen molar-refractivity contribution < 1.29 is 39.5 Å². The molecule has 34 heteroatoms. The minimum atomic E-state index is -1.58. The van der Waals surface area contributed by atoms with Crippen molar-refractivity contribution in [1.82, 2.24) is 68.5 Å². The fraction of sp³-hybridized carbons (Fsp3) is 0.463. The monoisotopic (exact) mass is 1600 g/mol. The number of aryl methyl sites for hydroxylation is 8. The number of β-amino-alcohol motifs (C(OH)–C–C–N with tert-alkyl or cyclic N) is 1. The van der Waals surface area contributed by atoms with E-state index in [4.69, 9.17) is 5.11 Å². The van der Waals surface area contributed by atoms with Gasteiger partial charge in [0.05, 0.1) is 64.7 Å². The highest BCUT2D eigenvalue weighted by atomic mass is 16.5. The summed E-state index contributed by atoms with van der Waals surface area (Å²) < 4.78 is 10.4. The molecule has 0 amide bonds. The van der Waals surface area contributed by atoms with Crippen LogP contribution in [0.25, 0.3) is 74.2 Å². The number of hydrogen-bond donors (Lipinski definition) is 8. The average Bonchev–Trinajstić information content (AvgIpc) is 0.771. The van der Waals surface area contributed by atoms with E-state index in [0.717, 1.165) is 145 Å². The summed E-state index contributed by atoms with van der Waals surface area (Å²) in [5.74, 6) is 1.34. The first kappa shape index (κ1) is 88.1. The number of ether oxygens (including phenoxy) is 1. The van der Waals surface area contributed by atoms with Gasteiger partial charge in [0.15, 0.2) is 45.7 Å². The van der Waals surface area contributed by atoms with Crippen LogP contribution >= 0.6 is 0 Å². The summed E-state index contributed by atoms with van der Waals surface area (Å²) in [4.78, 5) is 169. The second kappa shape index (κ2) is 39.4. The van der Waals surface area contributed by atoms with Crippen LogP contribution in [-0.2, 0) is 45.2 Å². The SMILES string of the molecule is C=c1nc2c(c(=O)[nH]1)=Nc1cc(C)c(CC)cc1N2C[C@H](O)[C@H](O)[C@H](O)CO.CC(=O)CCCCCCn1c2nc(=O)[nH]c(=O)c-2nc2cc(C)c(N(C)C)cc21.CC(=O)CCCCCCn1c2nc(=O)[nH]c(=O)c-2nc2cc(C)c(N(C)C)cc21.COC(=O)CCCCCCn1c2nc(=O)[nH]c(=O)c-2nc2cc(C)c(N(C)C)cc21. The summed E-state index contributed by atoms with van der Waals surface area (Å²) in [6.45, 7) is 17.8. The molecule has 12 rings (SSSR count). The summed E-state index contributed by atoms with van der Waals surface area (Å²) in [7, 11) is 13.2. The van der Waals surface area contributed by atoms with E-state index >= 15 is 0 Å². The van der Waals surface area contributed by atoms with Crippen molar-refractivity contribution >= 4 is 91.5 Å². The lowest BCUT2D eigenvalue weighted by Crippen LogP contribution is -2.48. The topological polar surface area (TPSA) is 454 Å². The molecule has 0 unspecified atom stereocenters. The molecule has 5 aromatic rings. The molecular formula is C82H105N19O15. The Balaban J connectivity index is 0.000000177. The molecule has 116 heavy (non-hydrogen) atoms. The number of carbonyl (C=O) groups excluding carboxylic acids is 3. The molecule has 0 bridgehead atoms. The summed E-state index contributed by atoms with van der Waals surface area (Å²) >= 11 is 0. The van der Waals surface area contributed by atoms with Crippen molar-refractivity contribution in [3.8, 4) is 34.6 Å². The van der Waals surface area contributed by atoms with Crippen molar-refractivity contribution in [2.75, 3.05) is 82.1 Å². The average molecular weight is 1600 g/mol. The first-order valence-corrected chi connectivity index (χ1v) is 38.8. The number of carbonyl (C=O) groups is 3. The molecule has 4 aromatic carbocycles. The van der Waals surface area contributed by atoms with Gasteiger partial charge in [-0.25, -0.2) is 39.3 Å². The van der Waals surface area contributed by atoms with Crippen molar-refractivity contribution in [2.24, 2.45) is 4.99 Å². The number of esters is 1. The van der Waals surface area contributed by atoms with Gasteiger partial charge in [0, 0.05) is 98.2 Å². The number of aromatic nitrogens is 14. The van der Waals surface area contributed by atoms with Gasteiger partial charge in [-0.15, -0.1) is 0 Å². The zero-order valence-corrected chi connectivity index (χ0v) is 68.4. The minimum absolute atomic E-state index is 0.0768. The van der Waals surface area contributed by atoms with Crippen LogP contribution in [0.3, 0.4) is 0 Å². The number of nitrogens with zero attached hydrogens (tertiary/aromatic N) is 15. The van der Waals surface area contributed by atoms with Gasteiger partial charge in [-0.05, 0) is 163 Å². The van der Waals surface area contributed by atoms with Crippen molar-refractivity contribution in [3.63, 3.8) is 0 Å². The molecule has 0 saturated heterocycles. The van der Waals surface area contributed by atoms with Gasteiger partial charge in [-0.3, -0.25) is 38.9 Å². The Kier molecular flexibility index (Phi) is 29.9. The molecule has 3 atom stereocenters. The van der Waals surface area contributed by atoms with Crippen molar-refractivity contribution in [2.45, 2.75) is 189 Å². The summed E-state index contributed by atoms with van der Waals surface area (Å²) in [6.07, 6.45) is 8.56. The highest BCUT2D eigenvalue weighted by Gasteiger charge is 2.32. The molecule has 7 aliphatic heterocycles. The number of anilines is 5. The number of H-pyrrole nitrogens is 4. The Bertz CT molecular complexity index is 5700. The predicted molar refractivity (Wildman–Crippen MR) is 446 cm³/mol. The zero-order valence-electron chi connectivity index (χ0n) is 68.4. The maximum Gasteiger partial charge on any atom is 0.349 e. The third-order valence-corrected chi connectivity index (χ3v) is 20.2. The Morgan fingerprint density at radius 1 is 0.483 bits per heavy atom.